The highest BCUT2D eigenvalue weighted by molar-refractivity contribution is 14.0. The highest BCUT2D eigenvalue weighted by Gasteiger charge is 1.99. The molecule has 0 amide bonds. The third kappa shape index (κ3) is 12.0. The molecule has 0 fully saturated rings. The topological polar surface area (TPSA) is 82.6 Å². The van der Waals surface area contributed by atoms with E-state index in [1.54, 1.807) is 7.05 Å². The molecule has 0 saturated carbocycles. The van der Waals surface area contributed by atoms with Crippen LogP contribution in [0, 0.1) is 0 Å². The van der Waals surface area contributed by atoms with E-state index < -0.39 is 10.0 Å². The van der Waals surface area contributed by atoms with Gasteiger partial charge in [-0.3, -0.25) is 4.99 Å². The average molecular weight is 364 g/mol. The minimum absolute atomic E-state index is 0. The van der Waals surface area contributed by atoms with Gasteiger partial charge in [0.1, 0.15) is 0 Å². The van der Waals surface area contributed by atoms with Crippen molar-refractivity contribution in [2.75, 3.05) is 32.9 Å². The summed E-state index contributed by atoms with van der Waals surface area (Å²) < 4.78 is 23.8. The number of halogens is 1. The lowest BCUT2D eigenvalue weighted by molar-refractivity contribution is 0.586. The van der Waals surface area contributed by atoms with E-state index in [4.69, 9.17) is 0 Å². The average Bonchev–Trinajstić information content (AvgIpc) is 2.15. The van der Waals surface area contributed by atoms with Gasteiger partial charge < -0.3 is 10.6 Å². The molecule has 3 N–H and O–H groups in total. The maximum absolute atomic E-state index is 10.7. The van der Waals surface area contributed by atoms with Gasteiger partial charge in [0, 0.05) is 26.7 Å². The van der Waals surface area contributed by atoms with E-state index in [1.807, 2.05) is 0 Å². The molecule has 0 bridgehead atoms. The Morgan fingerprint density at radius 2 is 1.75 bits per heavy atom. The highest BCUT2D eigenvalue weighted by Crippen LogP contribution is 1.74. The smallest absolute Gasteiger partial charge is 0.208 e. The fourth-order valence-corrected chi connectivity index (χ4v) is 1.35. The predicted octanol–water partition coefficient (Wildman–Crippen LogP) is -0.271. The van der Waals surface area contributed by atoms with E-state index in [1.165, 1.54) is 0 Å². The first-order valence-corrected chi connectivity index (χ1v) is 6.78. The Morgan fingerprint density at radius 1 is 1.19 bits per heavy atom. The summed E-state index contributed by atoms with van der Waals surface area (Å²) >= 11 is 0. The van der Waals surface area contributed by atoms with Gasteiger partial charge in [0.2, 0.25) is 10.0 Å². The molecule has 0 saturated heterocycles. The fourth-order valence-electron chi connectivity index (χ4n) is 0.881. The second-order valence-electron chi connectivity index (χ2n) is 3.09. The van der Waals surface area contributed by atoms with Crippen molar-refractivity contribution >= 4 is 40.0 Å². The van der Waals surface area contributed by atoms with Crippen LogP contribution >= 0.6 is 24.0 Å². The Kier molecular flexibility index (Phi) is 11.5. The summed E-state index contributed by atoms with van der Waals surface area (Å²) in [6.45, 7) is 3.77. The molecule has 0 aliphatic rings. The third-order valence-corrected chi connectivity index (χ3v) is 2.28. The quantitative estimate of drug-likeness (QED) is 0.262. The SMILES string of the molecule is CCCNC(=NC)NCCNS(C)(=O)=O.I. The summed E-state index contributed by atoms with van der Waals surface area (Å²) in [5.74, 6) is 0.687. The molecule has 0 aromatic heterocycles. The molecule has 16 heavy (non-hydrogen) atoms. The molecule has 0 aliphatic carbocycles. The predicted molar refractivity (Wildman–Crippen MR) is 77.9 cm³/mol. The van der Waals surface area contributed by atoms with Gasteiger partial charge in [-0.2, -0.15) is 0 Å². The van der Waals surface area contributed by atoms with Crippen molar-refractivity contribution in [1.82, 2.24) is 15.4 Å². The molecule has 0 radical (unpaired) electrons. The summed E-state index contributed by atoms with van der Waals surface area (Å²) in [7, 11) is -1.42. The lowest BCUT2D eigenvalue weighted by atomic mass is 10.5. The van der Waals surface area contributed by atoms with Gasteiger partial charge in [-0.1, -0.05) is 6.92 Å². The van der Waals surface area contributed by atoms with Crippen LogP contribution in [0.5, 0.6) is 0 Å². The Morgan fingerprint density at radius 3 is 2.19 bits per heavy atom. The van der Waals surface area contributed by atoms with Gasteiger partial charge in [0.05, 0.1) is 6.26 Å². The molecule has 98 valence electrons. The van der Waals surface area contributed by atoms with Crippen LogP contribution in [0.4, 0.5) is 0 Å². The number of aliphatic imine (C=N–C) groups is 1. The Balaban J connectivity index is 0. The molecule has 0 heterocycles. The first kappa shape index (κ1) is 18.3. The molecule has 0 aromatic rings. The number of hydrogen-bond donors (Lipinski definition) is 3. The van der Waals surface area contributed by atoms with Crippen LogP contribution in [-0.2, 0) is 10.0 Å². The Hall–Kier alpha value is -0.0900. The molecule has 0 atom stereocenters. The maximum atomic E-state index is 10.7. The molecular weight excluding hydrogens is 343 g/mol. The fraction of sp³-hybridized carbons (Fsp3) is 0.875. The minimum Gasteiger partial charge on any atom is -0.356 e. The summed E-state index contributed by atoms with van der Waals surface area (Å²) in [6, 6.07) is 0. The highest BCUT2D eigenvalue weighted by atomic mass is 127. The van der Waals surface area contributed by atoms with E-state index in [9.17, 15) is 8.42 Å². The van der Waals surface area contributed by atoms with Crippen molar-refractivity contribution in [1.29, 1.82) is 0 Å². The zero-order valence-electron chi connectivity index (χ0n) is 9.91. The molecular formula is C8H21IN4O2S. The zero-order chi connectivity index (χ0) is 11.7. The summed E-state index contributed by atoms with van der Waals surface area (Å²) in [5, 5.41) is 6.07. The van der Waals surface area contributed by atoms with Crippen molar-refractivity contribution in [3.05, 3.63) is 0 Å². The summed E-state index contributed by atoms with van der Waals surface area (Å²) in [4.78, 5) is 3.98. The number of hydrogen-bond acceptors (Lipinski definition) is 3. The van der Waals surface area contributed by atoms with E-state index in [-0.39, 0.29) is 24.0 Å². The van der Waals surface area contributed by atoms with Crippen molar-refractivity contribution in [2.24, 2.45) is 4.99 Å². The van der Waals surface area contributed by atoms with Gasteiger partial charge in [0.15, 0.2) is 5.96 Å². The lowest BCUT2D eigenvalue weighted by Gasteiger charge is -2.10. The Labute approximate surface area is 115 Å². The van der Waals surface area contributed by atoms with E-state index >= 15 is 0 Å². The van der Waals surface area contributed by atoms with Crippen LogP contribution in [0.25, 0.3) is 0 Å². The number of nitrogens with zero attached hydrogens (tertiary/aromatic N) is 1. The standard InChI is InChI=1S/C8H20N4O2S.HI/c1-4-5-10-8(9-2)11-6-7-12-15(3,13)14;/h12H,4-7H2,1-3H3,(H2,9,10,11);1H. The van der Waals surface area contributed by atoms with Crippen molar-refractivity contribution in [3.8, 4) is 0 Å². The van der Waals surface area contributed by atoms with E-state index in [0.717, 1.165) is 19.2 Å². The molecule has 0 unspecified atom stereocenters. The molecule has 6 nitrogen and oxygen atoms in total. The number of nitrogens with one attached hydrogen (secondary N) is 3. The van der Waals surface area contributed by atoms with Gasteiger partial charge in [0.25, 0.3) is 0 Å². The molecule has 0 rings (SSSR count). The van der Waals surface area contributed by atoms with E-state index in [0.29, 0.717) is 19.0 Å². The summed E-state index contributed by atoms with van der Waals surface area (Å²) in [5.41, 5.74) is 0. The second-order valence-corrected chi connectivity index (χ2v) is 4.93. The summed E-state index contributed by atoms with van der Waals surface area (Å²) in [6.07, 6.45) is 2.15. The van der Waals surface area contributed by atoms with Crippen molar-refractivity contribution in [2.45, 2.75) is 13.3 Å². The van der Waals surface area contributed by atoms with Crippen molar-refractivity contribution in [3.63, 3.8) is 0 Å². The monoisotopic (exact) mass is 364 g/mol. The van der Waals surface area contributed by atoms with Crippen molar-refractivity contribution < 1.29 is 8.42 Å². The van der Waals surface area contributed by atoms with Gasteiger partial charge in [-0.25, -0.2) is 13.1 Å². The first-order chi connectivity index (χ1) is 6.99. The molecule has 8 heteroatoms. The van der Waals surface area contributed by atoms with Crippen LogP contribution in [0.15, 0.2) is 4.99 Å². The molecule has 0 aromatic carbocycles. The van der Waals surface area contributed by atoms with E-state index in [2.05, 4.69) is 27.3 Å². The first-order valence-electron chi connectivity index (χ1n) is 4.88. The van der Waals surface area contributed by atoms with Crippen LogP contribution in [0.3, 0.4) is 0 Å². The minimum atomic E-state index is -3.10. The van der Waals surface area contributed by atoms with Gasteiger partial charge in [-0.15, -0.1) is 24.0 Å². The van der Waals surface area contributed by atoms with Crippen LogP contribution in [0.2, 0.25) is 0 Å². The normalized spacial score (nSPS) is 11.8. The van der Waals surface area contributed by atoms with Gasteiger partial charge in [-0.05, 0) is 6.42 Å². The second kappa shape index (κ2) is 10.1. The Bertz CT molecular complexity index is 292. The molecule has 0 spiro atoms. The number of sulfonamides is 1. The van der Waals surface area contributed by atoms with Gasteiger partial charge >= 0.3 is 0 Å². The number of guanidine groups is 1. The molecule has 0 aliphatic heterocycles. The third-order valence-electron chi connectivity index (χ3n) is 1.55. The lowest BCUT2D eigenvalue weighted by Crippen LogP contribution is -2.41. The van der Waals surface area contributed by atoms with Crippen LogP contribution in [0.1, 0.15) is 13.3 Å². The largest absolute Gasteiger partial charge is 0.356 e. The zero-order valence-corrected chi connectivity index (χ0v) is 13.1. The van der Waals surface area contributed by atoms with Crippen LogP contribution in [-0.4, -0.2) is 47.3 Å². The maximum Gasteiger partial charge on any atom is 0.208 e. The number of rotatable bonds is 6. The van der Waals surface area contributed by atoms with Crippen LogP contribution < -0.4 is 15.4 Å².